The molecule has 0 aliphatic carbocycles. The molecule has 0 saturated heterocycles. The van der Waals surface area contributed by atoms with E-state index in [9.17, 15) is 5.11 Å². The Balaban J connectivity index is 1.66. The standard InChI is InChI=1S/C22H25N9O2/c1-4-33-13-17(32)11-30-12-20(28-29-30)18-10-24-21(6-19(18)27-14(2)3)31-22-16(9-26-31)5-15(7-23)8-25-22/h5-6,8-10,12,14,17,32H,4,11,13H2,1-3H3,(H,24,27). The van der Waals surface area contributed by atoms with E-state index < -0.39 is 6.10 Å². The molecule has 0 spiro atoms. The van der Waals surface area contributed by atoms with E-state index in [2.05, 4.69) is 36.8 Å². The third-order valence-electron chi connectivity index (χ3n) is 4.81. The molecular weight excluding hydrogens is 422 g/mol. The Bertz CT molecular complexity index is 1290. The van der Waals surface area contributed by atoms with Crippen LogP contribution in [0.3, 0.4) is 0 Å². The summed E-state index contributed by atoms with van der Waals surface area (Å²) in [4.78, 5) is 8.95. The van der Waals surface area contributed by atoms with Crippen molar-refractivity contribution < 1.29 is 9.84 Å². The van der Waals surface area contributed by atoms with Gasteiger partial charge < -0.3 is 15.2 Å². The zero-order chi connectivity index (χ0) is 23.4. The van der Waals surface area contributed by atoms with Crippen LogP contribution in [0.5, 0.6) is 0 Å². The summed E-state index contributed by atoms with van der Waals surface area (Å²) in [6, 6.07) is 5.87. The average molecular weight is 448 g/mol. The fraction of sp³-hybridized carbons (Fsp3) is 0.364. The van der Waals surface area contributed by atoms with Crippen molar-refractivity contribution in [3.05, 3.63) is 42.5 Å². The Labute approximate surface area is 190 Å². The number of nitriles is 1. The number of ether oxygens (including phenoxy) is 1. The SMILES string of the molecule is CCOCC(O)Cn1cc(-c2cnc(-n3ncc4cc(C#N)cnc43)cc2NC(C)C)nn1. The Morgan fingerprint density at radius 2 is 2.06 bits per heavy atom. The summed E-state index contributed by atoms with van der Waals surface area (Å²) in [6.45, 7) is 7.03. The number of fused-ring (bicyclic) bond motifs is 1. The summed E-state index contributed by atoms with van der Waals surface area (Å²) in [7, 11) is 0. The predicted octanol–water partition coefficient (Wildman–Crippen LogP) is 2.16. The molecule has 2 N–H and O–H groups in total. The number of hydrogen-bond acceptors (Lipinski definition) is 9. The van der Waals surface area contributed by atoms with E-state index in [-0.39, 0.29) is 19.2 Å². The lowest BCUT2D eigenvalue weighted by Crippen LogP contribution is -2.22. The van der Waals surface area contributed by atoms with Crippen LogP contribution in [-0.4, -0.2) is 65.2 Å². The van der Waals surface area contributed by atoms with Crippen molar-refractivity contribution in [1.29, 1.82) is 5.26 Å². The van der Waals surface area contributed by atoms with E-state index >= 15 is 0 Å². The summed E-state index contributed by atoms with van der Waals surface area (Å²) in [5, 5.41) is 36.2. The van der Waals surface area contributed by atoms with Crippen LogP contribution < -0.4 is 5.32 Å². The van der Waals surface area contributed by atoms with E-state index in [1.165, 1.54) is 6.20 Å². The largest absolute Gasteiger partial charge is 0.389 e. The number of pyridine rings is 2. The van der Waals surface area contributed by atoms with Gasteiger partial charge in [0.15, 0.2) is 11.5 Å². The van der Waals surface area contributed by atoms with Gasteiger partial charge in [-0.25, -0.2) is 14.6 Å². The summed E-state index contributed by atoms with van der Waals surface area (Å²) in [5.41, 5.74) is 3.30. The highest BCUT2D eigenvalue weighted by Crippen LogP contribution is 2.28. The summed E-state index contributed by atoms with van der Waals surface area (Å²) >= 11 is 0. The average Bonchev–Trinajstić information content (AvgIpc) is 3.43. The molecule has 4 heterocycles. The van der Waals surface area contributed by atoms with Crippen molar-refractivity contribution in [2.24, 2.45) is 0 Å². The molecule has 1 atom stereocenters. The molecule has 0 fully saturated rings. The third-order valence-corrected chi connectivity index (χ3v) is 4.81. The second-order valence-corrected chi connectivity index (χ2v) is 7.83. The molecule has 0 aliphatic rings. The number of aliphatic hydroxyl groups excluding tert-OH is 1. The molecule has 4 aromatic heterocycles. The molecule has 0 amide bonds. The molecule has 0 saturated carbocycles. The minimum Gasteiger partial charge on any atom is -0.389 e. The zero-order valence-electron chi connectivity index (χ0n) is 18.7. The number of hydrogen-bond donors (Lipinski definition) is 2. The molecule has 33 heavy (non-hydrogen) atoms. The van der Waals surface area contributed by atoms with Crippen molar-refractivity contribution in [3.8, 4) is 23.1 Å². The van der Waals surface area contributed by atoms with Gasteiger partial charge >= 0.3 is 0 Å². The molecule has 4 rings (SSSR count). The zero-order valence-corrected chi connectivity index (χ0v) is 18.7. The molecule has 4 aromatic rings. The molecular formula is C22H25N9O2. The molecule has 0 bridgehead atoms. The molecule has 11 heteroatoms. The van der Waals surface area contributed by atoms with Crippen LogP contribution in [0.15, 0.2) is 36.9 Å². The maximum Gasteiger partial charge on any atom is 0.164 e. The number of rotatable bonds is 9. The fourth-order valence-corrected chi connectivity index (χ4v) is 3.38. The molecule has 1 unspecified atom stereocenters. The molecule has 170 valence electrons. The van der Waals surface area contributed by atoms with Gasteiger partial charge in [-0.2, -0.15) is 15.0 Å². The Kier molecular flexibility index (Phi) is 6.58. The van der Waals surface area contributed by atoms with Crippen LogP contribution in [0.4, 0.5) is 5.69 Å². The highest BCUT2D eigenvalue weighted by molar-refractivity contribution is 5.79. The highest BCUT2D eigenvalue weighted by Gasteiger charge is 2.16. The summed E-state index contributed by atoms with van der Waals surface area (Å²) in [5.74, 6) is 0.577. The monoisotopic (exact) mass is 447 g/mol. The smallest absolute Gasteiger partial charge is 0.164 e. The minimum atomic E-state index is -0.671. The van der Waals surface area contributed by atoms with Gasteiger partial charge in [-0.15, -0.1) is 5.10 Å². The lowest BCUT2D eigenvalue weighted by atomic mass is 10.1. The van der Waals surface area contributed by atoms with Crippen LogP contribution in [0, 0.1) is 11.3 Å². The third kappa shape index (κ3) is 4.97. The number of anilines is 1. The molecule has 0 aliphatic heterocycles. The normalized spacial score (nSPS) is 12.2. The Morgan fingerprint density at radius 3 is 2.82 bits per heavy atom. The van der Waals surface area contributed by atoms with Crippen molar-refractivity contribution in [2.45, 2.75) is 39.5 Å². The maximum absolute atomic E-state index is 10.1. The first-order chi connectivity index (χ1) is 16.0. The fourth-order valence-electron chi connectivity index (χ4n) is 3.38. The minimum absolute atomic E-state index is 0.160. The lowest BCUT2D eigenvalue weighted by Gasteiger charge is -2.15. The van der Waals surface area contributed by atoms with E-state index in [0.29, 0.717) is 29.3 Å². The quantitative estimate of drug-likeness (QED) is 0.395. The second-order valence-electron chi connectivity index (χ2n) is 7.83. The van der Waals surface area contributed by atoms with Gasteiger partial charge in [0.1, 0.15) is 11.8 Å². The number of aromatic nitrogens is 7. The number of nitrogens with one attached hydrogen (secondary N) is 1. The van der Waals surface area contributed by atoms with Gasteiger partial charge in [-0.3, -0.25) is 0 Å². The first-order valence-electron chi connectivity index (χ1n) is 10.7. The van der Waals surface area contributed by atoms with Crippen LogP contribution in [-0.2, 0) is 11.3 Å². The van der Waals surface area contributed by atoms with Crippen LogP contribution in [0.25, 0.3) is 28.1 Å². The predicted molar refractivity (Wildman–Crippen MR) is 122 cm³/mol. The van der Waals surface area contributed by atoms with Crippen molar-refractivity contribution in [3.63, 3.8) is 0 Å². The number of nitrogens with zero attached hydrogens (tertiary/aromatic N) is 8. The van der Waals surface area contributed by atoms with E-state index in [4.69, 9.17) is 10.00 Å². The first kappa shape index (κ1) is 22.3. The van der Waals surface area contributed by atoms with Gasteiger partial charge in [0.05, 0.1) is 37.2 Å². The van der Waals surface area contributed by atoms with Crippen molar-refractivity contribution in [2.75, 3.05) is 18.5 Å². The van der Waals surface area contributed by atoms with Gasteiger partial charge in [-0.1, -0.05) is 5.21 Å². The van der Waals surface area contributed by atoms with Crippen LogP contribution in [0.2, 0.25) is 0 Å². The van der Waals surface area contributed by atoms with Crippen LogP contribution >= 0.6 is 0 Å². The summed E-state index contributed by atoms with van der Waals surface area (Å²) < 4.78 is 8.47. The van der Waals surface area contributed by atoms with Crippen molar-refractivity contribution in [1.82, 2.24) is 34.7 Å². The Hall–Kier alpha value is -3.88. The molecule has 0 aromatic carbocycles. The molecule has 11 nitrogen and oxygen atoms in total. The van der Waals surface area contributed by atoms with Crippen LogP contribution in [0.1, 0.15) is 26.3 Å². The molecule has 0 radical (unpaired) electrons. The topological polar surface area (TPSA) is 140 Å². The van der Waals surface area contributed by atoms with Gasteiger partial charge in [0.25, 0.3) is 0 Å². The van der Waals surface area contributed by atoms with E-state index in [1.807, 2.05) is 26.8 Å². The summed E-state index contributed by atoms with van der Waals surface area (Å²) in [6.07, 6.45) is 5.98. The second kappa shape index (κ2) is 9.72. The van der Waals surface area contributed by atoms with Crippen molar-refractivity contribution >= 4 is 16.7 Å². The lowest BCUT2D eigenvalue weighted by molar-refractivity contribution is 0.0313. The van der Waals surface area contributed by atoms with Gasteiger partial charge in [-0.05, 0) is 26.8 Å². The highest BCUT2D eigenvalue weighted by atomic mass is 16.5. The van der Waals surface area contributed by atoms with Gasteiger partial charge in [0, 0.05) is 47.7 Å². The first-order valence-corrected chi connectivity index (χ1v) is 10.7. The van der Waals surface area contributed by atoms with E-state index in [1.54, 1.807) is 34.0 Å². The maximum atomic E-state index is 10.1. The number of aliphatic hydroxyl groups is 1. The van der Waals surface area contributed by atoms with Gasteiger partial charge in [0.2, 0.25) is 0 Å². The Morgan fingerprint density at radius 1 is 1.21 bits per heavy atom. The van der Waals surface area contributed by atoms with E-state index in [0.717, 1.165) is 16.6 Å².